The van der Waals surface area contributed by atoms with E-state index in [4.69, 9.17) is 9.15 Å². The minimum Gasteiger partial charge on any atom is -0.496 e. The van der Waals surface area contributed by atoms with Crippen molar-refractivity contribution in [1.82, 2.24) is 15.2 Å². The third kappa shape index (κ3) is 4.74. The van der Waals surface area contributed by atoms with Crippen molar-refractivity contribution in [1.29, 1.82) is 0 Å². The number of nitrogens with one attached hydrogen (secondary N) is 1. The van der Waals surface area contributed by atoms with Gasteiger partial charge in [0.05, 0.1) is 18.9 Å². The van der Waals surface area contributed by atoms with E-state index in [1.165, 1.54) is 24.6 Å². The number of hydrogen-bond acceptors (Lipinski definition) is 6. The van der Waals surface area contributed by atoms with Crippen LogP contribution in [0.4, 0.5) is 0 Å². The Labute approximate surface area is 174 Å². The van der Waals surface area contributed by atoms with Crippen LogP contribution in [0.1, 0.15) is 24.4 Å². The minimum atomic E-state index is -0.0312. The molecule has 1 fully saturated rings. The monoisotopic (exact) mass is 411 g/mol. The van der Waals surface area contributed by atoms with Crippen molar-refractivity contribution >= 4 is 28.8 Å². The van der Waals surface area contributed by atoms with Gasteiger partial charge in [0.2, 0.25) is 5.91 Å². The normalized spacial score (nSPS) is 15.5. The Hall–Kier alpha value is -2.51. The molecule has 6 nitrogen and oxygen atoms in total. The molecule has 4 rings (SSSR count). The molecule has 1 saturated heterocycles. The second-order valence-electron chi connectivity index (χ2n) is 7.04. The second-order valence-corrected chi connectivity index (χ2v) is 7.97. The highest BCUT2D eigenvalue weighted by Crippen LogP contribution is 2.31. The zero-order valence-electron chi connectivity index (χ0n) is 16.5. The SMILES string of the molecule is COc1ccccc1C(CNC(=O)CSc1nc2ccccc2o1)N1CCCC1. The van der Waals surface area contributed by atoms with E-state index in [2.05, 4.69) is 21.3 Å². The molecule has 152 valence electrons. The molecule has 0 bridgehead atoms. The van der Waals surface area contributed by atoms with E-state index in [1.807, 2.05) is 42.5 Å². The van der Waals surface area contributed by atoms with E-state index in [0.717, 1.165) is 35.5 Å². The van der Waals surface area contributed by atoms with E-state index < -0.39 is 0 Å². The van der Waals surface area contributed by atoms with Gasteiger partial charge in [-0.2, -0.15) is 0 Å². The molecule has 0 radical (unpaired) electrons. The Balaban J connectivity index is 1.38. The van der Waals surface area contributed by atoms with Gasteiger partial charge in [-0.15, -0.1) is 0 Å². The quantitative estimate of drug-likeness (QED) is 0.568. The number of carbonyl (C=O) groups excluding carboxylic acids is 1. The van der Waals surface area contributed by atoms with Crippen LogP contribution in [0.25, 0.3) is 11.1 Å². The topological polar surface area (TPSA) is 67.6 Å². The highest BCUT2D eigenvalue weighted by atomic mass is 32.2. The van der Waals surface area contributed by atoms with Crippen molar-refractivity contribution in [2.45, 2.75) is 24.1 Å². The Kier molecular flexibility index (Phi) is 6.36. The number of aromatic nitrogens is 1. The smallest absolute Gasteiger partial charge is 0.257 e. The third-order valence-corrected chi connectivity index (χ3v) is 6.00. The summed E-state index contributed by atoms with van der Waals surface area (Å²) in [4.78, 5) is 19.3. The van der Waals surface area contributed by atoms with Crippen LogP contribution < -0.4 is 10.1 Å². The highest BCUT2D eigenvalue weighted by Gasteiger charge is 2.26. The van der Waals surface area contributed by atoms with Crippen molar-refractivity contribution < 1.29 is 13.9 Å². The lowest BCUT2D eigenvalue weighted by atomic mass is 10.0. The Morgan fingerprint density at radius 2 is 1.97 bits per heavy atom. The Morgan fingerprint density at radius 3 is 2.76 bits per heavy atom. The molecule has 7 heteroatoms. The van der Waals surface area contributed by atoms with Gasteiger partial charge < -0.3 is 14.5 Å². The first-order valence-electron chi connectivity index (χ1n) is 9.86. The number of amides is 1. The maximum absolute atomic E-state index is 12.5. The molecular formula is C22H25N3O3S. The lowest BCUT2D eigenvalue weighted by molar-refractivity contribution is -0.118. The summed E-state index contributed by atoms with van der Waals surface area (Å²) in [5.74, 6) is 1.10. The van der Waals surface area contributed by atoms with Crippen molar-refractivity contribution in [2.24, 2.45) is 0 Å². The van der Waals surface area contributed by atoms with Gasteiger partial charge >= 0.3 is 0 Å². The van der Waals surface area contributed by atoms with Crippen LogP contribution in [-0.4, -0.2) is 48.3 Å². The van der Waals surface area contributed by atoms with Gasteiger partial charge in [0.15, 0.2) is 5.58 Å². The van der Waals surface area contributed by atoms with E-state index >= 15 is 0 Å². The first kappa shape index (κ1) is 19.8. The molecule has 1 aliphatic heterocycles. The maximum Gasteiger partial charge on any atom is 0.257 e. The first-order chi connectivity index (χ1) is 14.2. The number of oxazole rings is 1. The zero-order valence-corrected chi connectivity index (χ0v) is 17.3. The highest BCUT2D eigenvalue weighted by molar-refractivity contribution is 7.99. The summed E-state index contributed by atoms with van der Waals surface area (Å²) < 4.78 is 11.2. The van der Waals surface area contributed by atoms with Crippen LogP contribution in [0, 0.1) is 0 Å². The molecule has 1 unspecified atom stereocenters. The minimum absolute atomic E-state index is 0.0312. The maximum atomic E-state index is 12.5. The Bertz CT molecular complexity index is 936. The van der Waals surface area contributed by atoms with E-state index in [0.29, 0.717) is 11.8 Å². The summed E-state index contributed by atoms with van der Waals surface area (Å²) in [5.41, 5.74) is 2.66. The van der Waals surface area contributed by atoms with Crippen molar-refractivity contribution in [3.63, 3.8) is 0 Å². The van der Waals surface area contributed by atoms with Gasteiger partial charge in [-0.05, 0) is 44.1 Å². The fourth-order valence-electron chi connectivity index (χ4n) is 3.73. The molecule has 0 aliphatic carbocycles. The predicted octanol–water partition coefficient (Wildman–Crippen LogP) is 3.88. The van der Waals surface area contributed by atoms with Crippen molar-refractivity contribution in [3.8, 4) is 5.75 Å². The second kappa shape index (κ2) is 9.33. The average molecular weight is 412 g/mol. The molecule has 1 N–H and O–H groups in total. The largest absolute Gasteiger partial charge is 0.496 e. The molecule has 0 saturated carbocycles. The summed E-state index contributed by atoms with van der Waals surface area (Å²) in [6.07, 6.45) is 2.38. The van der Waals surface area contributed by atoms with Gasteiger partial charge in [0.1, 0.15) is 11.3 Å². The van der Waals surface area contributed by atoms with E-state index in [1.54, 1.807) is 7.11 Å². The number of rotatable bonds is 8. The molecule has 3 aromatic rings. The number of fused-ring (bicyclic) bond motifs is 1. The number of methoxy groups -OCH3 is 1. The number of para-hydroxylation sites is 3. The molecule has 1 atom stereocenters. The summed E-state index contributed by atoms with van der Waals surface area (Å²) in [5, 5.41) is 3.60. The van der Waals surface area contributed by atoms with Crippen LogP contribution in [0.3, 0.4) is 0 Å². The fourth-order valence-corrected chi connectivity index (χ4v) is 4.40. The molecule has 29 heavy (non-hydrogen) atoms. The molecule has 1 aromatic heterocycles. The van der Waals surface area contributed by atoms with Crippen LogP contribution in [0.5, 0.6) is 5.75 Å². The molecule has 2 aromatic carbocycles. The fraction of sp³-hybridized carbons (Fsp3) is 0.364. The number of benzene rings is 2. The number of hydrogen-bond donors (Lipinski definition) is 1. The van der Waals surface area contributed by atoms with Gasteiger partial charge in [0.25, 0.3) is 5.22 Å². The number of nitrogens with zero attached hydrogens (tertiary/aromatic N) is 2. The average Bonchev–Trinajstić information content (AvgIpc) is 3.42. The van der Waals surface area contributed by atoms with Crippen LogP contribution in [-0.2, 0) is 4.79 Å². The number of ether oxygens (including phenoxy) is 1. The first-order valence-corrected chi connectivity index (χ1v) is 10.8. The lowest BCUT2D eigenvalue weighted by Gasteiger charge is -2.29. The summed E-state index contributed by atoms with van der Waals surface area (Å²) in [7, 11) is 1.69. The van der Waals surface area contributed by atoms with Gasteiger partial charge in [-0.25, -0.2) is 4.98 Å². The number of thioether (sulfide) groups is 1. The zero-order chi connectivity index (χ0) is 20.1. The van der Waals surface area contributed by atoms with Crippen LogP contribution >= 0.6 is 11.8 Å². The van der Waals surface area contributed by atoms with Crippen molar-refractivity contribution in [2.75, 3.05) is 32.5 Å². The number of likely N-dealkylation sites (tertiary alicyclic amines) is 1. The molecule has 0 spiro atoms. The summed E-state index contributed by atoms with van der Waals surface area (Å²) in [6.45, 7) is 2.62. The molecular weight excluding hydrogens is 386 g/mol. The molecule has 1 amide bonds. The summed E-state index contributed by atoms with van der Waals surface area (Å²) >= 11 is 1.31. The molecule has 1 aliphatic rings. The van der Waals surface area contributed by atoms with E-state index in [9.17, 15) is 4.79 Å². The van der Waals surface area contributed by atoms with Crippen LogP contribution in [0.15, 0.2) is 58.2 Å². The van der Waals surface area contributed by atoms with Gasteiger partial charge in [-0.1, -0.05) is 42.1 Å². The standard InChI is InChI=1S/C22H25N3O3S/c1-27-19-10-4-2-8-16(19)18(25-12-6-7-13-25)14-23-21(26)15-29-22-24-17-9-3-5-11-20(17)28-22/h2-5,8-11,18H,6-7,12-15H2,1H3,(H,23,26). The predicted molar refractivity (Wildman–Crippen MR) is 114 cm³/mol. The lowest BCUT2D eigenvalue weighted by Crippen LogP contribution is -2.37. The van der Waals surface area contributed by atoms with E-state index in [-0.39, 0.29) is 17.7 Å². The van der Waals surface area contributed by atoms with Crippen LogP contribution in [0.2, 0.25) is 0 Å². The third-order valence-electron chi connectivity index (χ3n) is 5.17. The van der Waals surface area contributed by atoms with Crippen molar-refractivity contribution in [3.05, 3.63) is 54.1 Å². The van der Waals surface area contributed by atoms with Gasteiger partial charge in [-0.3, -0.25) is 9.69 Å². The molecule has 2 heterocycles. The Morgan fingerprint density at radius 1 is 1.21 bits per heavy atom. The number of carbonyl (C=O) groups is 1. The summed E-state index contributed by atoms with van der Waals surface area (Å²) in [6, 6.07) is 15.8. The van der Waals surface area contributed by atoms with Gasteiger partial charge in [0, 0.05) is 12.1 Å².